The number of rotatable bonds is 6. The van der Waals surface area contributed by atoms with Crippen LogP contribution in [0.1, 0.15) is 70.0 Å². The van der Waals surface area contributed by atoms with Gasteiger partial charge in [0.15, 0.2) is 11.5 Å². The van der Waals surface area contributed by atoms with Gasteiger partial charge in [-0.3, -0.25) is 19.3 Å². The average molecular weight is 569 g/mol. The highest BCUT2D eigenvalue weighted by molar-refractivity contribution is 6.12. The Morgan fingerprint density at radius 3 is 2.55 bits per heavy atom. The van der Waals surface area contributed by atoms with Crippen molar-refractivity contribution in [1.29, 1.82) is 0 Å². The van der Waals surface area contributed by atoms with Gasteiger partial charge in [0.25, 0.3) is 11.8 Å². The van der Waals surface area contributed by atoms with Gasteiger partial charge in [-0.25, -0.2) is 0 Å². The smallest absolute Gasteiger partial charge is 0.259 e. The van der Waals surface area contributed by atoms with Gasteiger partial charge in [-0.2, -0.15) is 0 Å². The molecule has 9 nitrogen and oxygen atoms in total. The van der Waals surface area contributed by atoms with E-state index < -0.39 is 6.04 Å². The van der Waals surface area contributed by atoms with Gasteiger partial charge in [-0.15, -0.1) is 0 Å². The monoisotopic (exact) mass is 568 g/mol. The molecule has 2 heterocycles. The van der Waals surface area contributed by atoms with E-state index in [1.807, 2.05) is 31.2 Å². The third-order valence-electron chi connectivity index (χ3n) is 8.56. The average Bonchev–Trinajstić information content (AvgIpc) is 3.43. The van der Waals surface area contributed by atoms with Gasteiger partial charge in [-0.05, 0) is 86.5 Å². The summed E-state index contributed by atoms with van der Waals surface area (Å²) in [6, 6.07) is 17.5. The molecule has 0 aromatic heterocycles. The SMILES string of the molecule is Cc1ccc(C2CC(=O)Nc3cc(C(=O)NCC4CCCC(CN)C4)ccc3N2C(=O)c2ccc3c(c2)OCO3)cc1. The normalized spacial score (nSPS) is 21.2. The summed E-state index contributed by atoms with van der Waals surface area (Å²) in [5, 5.41) is 6.03. The molecule has 3 aromatic carbocycles. The van der Waals surface area contributed by atoms with E-state index in [1.165, 1.54) is 0 Å². The molecule has 1 saturated carbocycles. The maximum absolute atomic E-state index is 14.2. The molecule has 3 atom stereocenters. The van der Waals surface area contributed by atoms with Gasteiger partial charge in [0.05, 0.1) is 23.8 Å². The second-order valence-electron chi connectivity index (χ2n) is 11.5. The summed E-state index contributed by atoms with van der Waals surface area (Å²) in [5.41, 5.74) is 9.56. The number of aryl methyl sites for hydroxylation is 1. The first-order valence-corrected chi connectivity index (χ1v) is 14.6. The van der Waals surface area contributed by atoms with Gasteiger partial charge in [0.2, 0.25) is 12.7 Å². The summed E-state index contributed by atoms with van der Waals surface area (Å²) >= 11 is 0. The third kappa shape index (κ3) is 5.69. The molecule has 6 rings (SSSR count). The van der Waals surface area contributed by atoms with Crippen LogP contribution in [0.15, 0.2) is 60.7 Å². The van der Waals surface area contributed by atoms with Gasteiger partial charge in [0.1, 0.15) is 0 Å². The van der Waals surface area contributed by atoms with Crippen molar-refractivity contribution in [3.8, 4) is 11.5 Å². The minimum absolute atomic E-state index is 0.0551. The van der Waals surface area contributed by atoms with Crippen LogP contribution < -0.4 is 30.7 Å². The predicted octanol–water partition coefficient (Wildman–Crippen LogP) is 4.95. The van der Waals surface area contributed by atoms with E-state index in [-0.39, 0.29) is 30.9 Å². The van der Waals surface area contributed by atoms with Crippen molar-refractivity contribution in [3.63, 3.8) is 0 Å². The number of nitrogens with zero attached hydrogens (tertiary/aromatic N) is 1. The molecule has 1 aliphatic carbocycles. The van der Waals surface area contributed by atoms with E-state index in [0.29, 0.717) is 58.9 Å². The molecular formula is C33H36N4O5. The Balaban J connectivity index is 1.32. The largest absolute Gasteiger partial charge is 0.454 e. The van der Waals surface area contributed by atoms with Crippen LogP contribution in [0.5, 0.6) is 11.5 Å². The maximum atomic E-state index is 14.2. The number of ether oxygens (including phenoxy) is 2. The molecule has 2 aliphatic heterocycles. The first-order chi connectivity index (χ1) is 20.4. The lowest BCUT2D eigenvalue weighted by molar-refractivity contribution is -0.116. The summed E-state index contributed by atoms with van der Waals surface area (Å²) in [4.78, 5) is 42.3. The van der Waals surface area contributed by atoms with Crippen LogP contribution in [0.3, 0.4) is 0 Å². The zero-order valence-corrected chi connectivity index (χ0v) is 23.7. The zero-order chi connectivity index (χ0) is 29.2. The van der Waals surface area contributed by atoms with Crippen molar-refractivity contribution >= 4 is 29.1 Å². The molecule has 4 N–H and O–H groups in total. The number of anilines is 2. The molecule has 0 saturated heterocycles. The number of fused-ring (bicyclic) bond motifs is 2. The van der Waals surface area contributed by atoms with Crippen molar-refractivity contribution in [1.82, 2.24) is 5.32 Å². The maximum Gasteiger partial charge on any atom is 0.259 e. The fourth-order valence-corrected chi connectivity index (χ4v) is 6.24. The van der Waals surface area contributed by atoms with E-state index >= 15 is 0 Å². The molecule has 218 valence electrons. The fraction of sp³-hybridized carbons (Fsp3) is 0.364. The summed E-state index contributed by atoms with van der Waals surface area (Å²) in [6.45, 7) is 3.36. The number of nitrogens with one attached hydrogen (secondary N) is 2. The van der Waals surface area contributed by atoms with Crippen molar-refractivity contribution in [2.45, 2.75) is 45.1 Å². The van der Waals surface area contributed by atoms with Crippen molar-refractivity contribution in [2.75, 3.05) is 30.1 Å². The Hall–Kier alpha value is -4.37. The van der Waals surface area contributed by atoms with E-state index in [1.54, 1.807) is 41.3 Å². The summed E-state index contributed by atoms with van der Waals surface area (Å²) in [6.07, 6.45) is 4.43. The minimum atomic E-state index is -0.564. The Morgan fingerprint density at radius 1 is 0.976 bits per heavy atom. The molecule has 3 unspecified atom stereocenters. The molecule has 0 bridgehead atoms. The van der Waals surface area contributed by atoms with Crippen molar-refractivity contribution < 1.29 is 23.9 Å². The number of amides is 3. The highest BCUT2D eigenvalue weighted by Gasteiger charge is 2.35. The Kier molecular flexibility index (Phi) is 7.84. The van der Waals surface area contributed by atoms with Gasteiger partial charge >= 0.3 is 0 Å². The lowest BCUT2D eigenvalue weighted by atomic mass is 9.81. The second kappa shape index (κ2) is 11.9. The second-order valence-corrected chi connectivity index (χ2v) is 11.5. The number of hydrogen-bond acceptors (Lipinski definition) is 6. The van der Waals surface area contributed by atoms with Crippen LogP contribution in [-0.4, -0.2) is 37.6 Å². The lowest BCUT2D eigenvalue weighted by Gasteiger charge is -2.31. The van der Waals surface area contributed by atoms with Gasteiger partial charge in [-0.1, -0.05) is 36.2 Å². The molecule has 9 heteroatoms. The lowest BCUT2D eigenvalue weighted by Crippen LogP contribution is -2.35. The van der Waals surface area contributed by atoms with Crippen LogP contribution in [-0.2, 0) is 4.79 Å². The van der Waals surface area contributed by atoms with Crippen LogP contribution in [0, 0.1) is 18.8 Å². The highest BCUT2D eigenvalue weighted by atomic mass is 16.7. The number of carbonyl (C=O) groups is 3. The predicted molar refractivity (Wildman–Crippen MR) is 160 cm³/mol. The quantitative estimate of drug-likeness (QED) is 0.387. The molecule has 3 aliphatic rings. The molecule has 42 heavy (non-hydrogen) atoms. The van der Waals surface area contributed by atoms with Gasteiger partial charge < -0.3 is 25.8 Å². The highest BCUT2D eigenvalue weighted by Crippen LogP contribution is 2.41. The number of nitrogens with two attached hydrogens (primary N) is 1. The standard InChI is InChI=1S/C33H36N4O5/c1-20-5-7-23(8-6-20)28-16-31(38)36-26-14-24(32(39)35-18-22-4-2-3-21(13-22)17-34)9-11-27(26)37(28)33(40)25-10-12-29-30(15-25)42-19-41-29/h5-12,14-15,21-22,28H,2-4,13,16-19,34H2,1H3,(H,35,39)(H,36,38). The van der Waals surface area contributed by atoms with Crippen LogP contribution in [0.2, 0.25) is 0 Å². The minimum Gasteiger partial charge on any atom is -0.454 e. The van der Waals surface area contributed by atoms with Crippen LogP contribution in [0.25, 0.3) is 0 Å². The van der Waals surface area contributed by atoms with E-state index in [4.69, 9.17) is 15.2 Å². The fourth-order valence-electron chi connectivity index (χ4n) is 6.24. The van der Waals surface area contributed by atoms with Crippen molar-refractivity contribution in [3.05, 3.63) is 82.9 Å². The topological polar surface area (TPSA) is 123 Å². The Labute approximate surface area is 245 Å². The molecule has 1 fully saturated rings. The number of carbonyl (C=O) groups excluding carboxylic acids is 3. The molecule has 0 radical (unpaired) electrons. The molecular weight excluding hydrogens is 532 g/mol. The molecule has 3 amide bonds. The Bertz CT molecular complexity index is 1500. The molecule has 3 aromatic rings. The van der Waals surface area contributed by atoms with Crippen LogP contribution >= 0.6 is 0 Å². The molecule has 0 spiro atoms. The summed E-state index contributed by atoms with van der Waals surface area (Å²) in [7, 11) is 0. The van der Waals surface area contributed by atoms with E-state index in [2.05, 4.69) is 10.6 Å². The number of hydrogen-bond donors (Lipinski definition) is 3. The van der Waals surface area contributed by atoms with Crippen molar-refractivity contribution in [2.24, 2.45) is 17.6 Å². The first-order valence-electron chi connectivity index (χ1n) is 14.6. The number of benzene rings is 3. The third-order valence-corrected chi connectivity index (χ3v) is 8.56. The van der Waals surface area contributed by atoms with Gasteiger partial charge in [0, 0.05) is 17.7 Å². The first kappa shape index (κ1) is 27.8. The summed E-state index contributed by atoms with van der Waals surface area (Å²) < 4.78 is 11.0. The van der Waals surface area contributed by atoms with Crippen LogP contribution in [0.4, 0.5) is 11.4 Å². The zero-order valence-electron chi connectivity index (χ0n) is 23.7. The van der Waals surface area contributed by atoms with E-state index in [0.717, 1.165) is 36.8 Å². The summed E-state index contributed by atoms with van der Waals surface area (Å²) in [5.74, 6) is 1.25. The van der Waals surface area contributed by atoms with E-state index in [9.17, 15) is 14.4 Å². The Morgan fingerprint density at radius 2 is 1.74 bits per heavy atom.